The largest absolute Gasteiger partial charge is 0.417 e. The number of carbonyl (C=O) groups excluding carboxylic acids is 1. The lowest BCUT2D eigenvalue weighted by molar-refractivity contribution is -0.137. The Morgan fingerprint density at radius 3 is 2.67 bits per heavy atom. The number of piperidine rings is 1. The average Bonchev–Trinajstić information content (AvgIpc) is 3.32. The van der Waals surface area contributed by atoms with Crippen molar-refractivity contribution in [2.75, 3.05) is 13.1 Å². The lowest BCUT2D eigenvalue weighted by atomic mass is 9.96. The summed E-state index contributed by atoms with van der Waals surface area (Å²) in [6.07, 6.45) is 1.14. The van der Waals surface area contributed by atoms with Crippen molar-refractivity contribution in [1.29, 1.82) is 0 Å². The van der Waals surface area contributed by atoms with Crippen LogP contribution in [0.25, 0.3) is 5.82 Å². The van der Waals surface area contributed by atoms with E-state index >= 15 is 0 Å². The van der Waals surface area contributed by atoms with Gasteiger partial charge in [-0.1, -0.05) is 0 Å². The van der Waals surface area contributed by atoms with Crippen LogP contribution in [0.15, 0.2) is 30.9 Å². The van der Waals surface area contributed by atoms with Gasteiger partial charge in [-0.3, -0.25) is 4.79 Å². The van der Waals surface area contributed by atoms with Crippen molar-refractivity contribution in [3.63, 3.8) is 0 Å². The van der Waals surface area contributed by atoms with Gasteiger partial charge in [-0.2, -0.15) is 18.3 Å². The van der Waals surface area contributed by atoms with Gasteiger partial charge in [-0.15, -0.1) is 10.2 Å². The van der Waals surface area contributed by atoms with Crippen molar-refractivity contribution in [3.8, 4) is 5.82 Å². The SMILES string of the molecule is Cc1c(C(=O)N2CCC[C@H](c3nncn3C)C2)cnn1-c1ccc(C(F)(F)F)cn1. The highest BCUT2D eigenvalue weighted by Gasteiger charge is 2.32. The number of alkyl halides is 3. The molecule has 0 aliphatic carbocycles. The minimum atomic E-state index is -4.46. The third-order valence-corrected chi connectivity index (χ3v) is 5.35. The first-order valence-corrected chi connectivity index (χ1v) is 9.47. The molecule has 1 fully saturated rings. The summed E-state index contributed by atoms with van der Waals surface area (Å²) in [5.74, 6) is 0.990. The molecule has 1 aliphatic heterocycles. The maximum absolute atomic E-state index is 13.1. The smallest absolute Gasteiger partial charge is 0.338 e. The zero-order chi connectivity index (χ0) is 21.5. The molecule has 1 aliphatic rings. The molecule has 0 saturated carbocycles. The highest BCUT2D eigenvalue weighted by molar-refractivity contribution is 5.95. The number of aromatic nitrogens is 6. The lowest BCUT2D eigenvalue weighted by Crippen LogP contribution is -2.39. The number of amides is 1. The van der Waals surface area contributed by atoms with Crippen LogP contribution in [0.1, 0.15) is 46.2 Å². The predicted molar refractivity (Wildman–Crippen MR) is 100.0 cm³/mol. The molecule has 11 heteroatoms. The number of likely N-dealkylation sites (tertiary alicyclic amines) is 1. The maximum Gasteiger partial charge on any atom is 0.417 e. The van der Waals surface area contributed by atoms with Crippen LogP contribution in [0.4, 0.5) is 13.2 Å². The second-order valence-corrected chi connectivity index (χ2v) is 7.35. The number of halogens is 3. The second-order valence-electron chi connectivity index (χ2n) is 7.35. The van der Waals surface area contributed by atoms with E-state index in [0.29, 0.717) is 24.3 Å². The fourth-order valence-electron chi connectivity index (χ4n) is 3.73. The molecule has 8 nitrogen and oxygen atoms in total. The fraction of sp³-hybridized carbons (Fsp3) is 0.421. The summed E-state index contributed by atoms with van der Waals surface area (Å²) in [7, 11) is 1.88. The average molecular weight is 419 g/mol. The Kier molecular flexibility index (Phi) is 5.04. The summed E-state index contributed by atoms with van der Waals surface area (Å²) in [4.78, 5) is 18.7. The first kappa shape index (κ1) is 20.0. The van der Waals surface area contributed by atoms with Crippen molar-refractivity contribution in [1.82, 2.24) is 34.4 Å². The van der Waals surface area contributed by atoms with Gasteiger partial charge in [-0.25, -0.2) is 9.67 Å². The summed E-state index contributed by atoms with van der Waals surface area (Å²) in [5.41, 5.74) is 0.0823. The van der Waals surface area contributed by atoms with Crippen LogP contribution in [0, 0.1) is 6.92 Å². The van der Waals surface area contributed by atoms with Crippen LogP contribution < -0.4 is 0 Å². The fourth-order valence-corrected chi connectivity index (χ4v) is 3.73. The van der Waals surface area contributed by atoms with Gasteiger partial charge in [-0.05, 0) is 31.9 Å². The summed E-state index contributed by atoms with van der Waals surface area (Å²) in [6, 6.07) is 2.18. The number of pyridine rings is 1. The monoisotopic (exact) mass is 419 g/mol. The number of rotatable bonds is 3. The van der Waals surface area contributed by atoms with Gasteiger partial charge in [0.2, 0.25) is 0 Å². The molecule has 1 saturated heterocycles. The van der Waals surface area contributed by atoms with Crippen LogP contribution in [-0.4, -0.2) is 53.4 Å². The topological polar surface area (TPSA) is 81.7 Å². The van der Waals surface area contributed by atoms with E-state index in [1.165, 1.54) is 16.9 Å². The van der Waals surface area contributed by atoms with E-state index in [4.69, 9.17) is 0 Å². The Balaban J connectivity index is 1.54. The first-order valence-electron chi connectivity index (χ1n) is 9.47. The maximum atomic E-state index is 13.1. The van der Waals surface area contributed by atoms with E-state index < -0.39 is 11.7 Å². The molecule has 4 rings (SSSR count). The minimum Gasteiger partial charge on any atom is -0.338 e. The zero-order valence-electron chi connectivity index (χ0n) is 16.5. The van der Waals surface area contributed by atoms with Crippen molar-refractivity contribution >= 4 is 5.91 Å². The Morgan fingerprint density at radius 2 is 2.03 bits per heavy atom. The van der Waals surface area contributed by atoms with E-state index in [1.54, 1.807) is 18.2 Å². The van der Waals surface area contributed by atoms with E-state index in [2.05, 4.69) is 20.3 Å². The molecule has 0 spiro atoms. The van der Waals surface area contributed by atoms with Crippen LogP contribution in [0.5, 0.6) is 0 Å². The van der Waals surface area contributed by atoms with Gasteiger partial charge in [0.25, 0.3) is 5.91 Å². The Labute approximate surface area is 170 Å². The van der Waals surface area contributed by atoms with E-state index in [1.807, 2.05) is 11.6 Å². The summed E-state index contributed by atoms with van der Waals surface area (Å²) < 4.78 is 41.5. The van der Waals surface area contributed by atoms with E-state index in [9.17, 15) is 18.0 Å². The predicted octanol–water partition coefficient (Wildman–Crippen LogP) is 2.74. The zero-order valence-corrected chi connectivity index (χ0v) is 16.5. The quantitative estimate of drug-likeness (QED) is 0.652. The first-order chi connectivity index (χ1) is 14.3. The van der Waals surface area contributed by atoms with Gasteiger partial charge >= 0.3 is 6.18 Å². The summed E-state index contributed by atoms with van der Waals surface area (Å²) in [6.45, 7) is 2.84. The second kappa shape index (κ2) is 7.54. The van der Waals surface area contributed by atoms with Crippen LogP contribution in [-0.2, 0) is 13.2 Å². The molecule has 0 aromatic carbocycles. The molecule has 0 unspecified atom stereocenters. The minimum absolute atomic E-state index is 0.0992. The molecule has 0 bridgehead atoms. The molecule has 0 N–H and O–H groups in total. The van der Waals surface area contributed by atoms with Gasteiger partial charge in [0, 0.05) is 32.3 Å². The van der Waals surface area contributed by atoms with Gasteiger partial charge in [0.1, 0.15) is 12.2 Å². The lowest BCUT2D eigenvalue weighted by Gasteiger charge is -2.32. The molecule has 3 aromatic heterocycles. The highest BCUT2D eigenvalue weighted by Crippen LogP contribution is 2.29. The van der Waals surface area contributed by atoms with Gasteiger partial charge in [0.15, 0.2) is 5.82 Å². The molecule has 1 atom stereocenters. The molecular weight excluding hydrogens is 399 g/mol. The molecule has 4 heterocycles. The highest BCUT2D eigenvalue weighted by atomic mass is 19.4. The van der Waals surface area contributed by atoms with Crippen LogP contribution in [0.2, 0.25) is 0 Å². The number of carbonyl (C=O) groups is 1. The van der Waals surface area contributed by atoms with Gasteiger partial charge in [0.05, 0.1) is 23.0 Å². The van der Waals surface area contributed by atoms with Crippen molar-refractivity contribution in [3.05, 3.63) is 53.5 Å². The standard InChI is InChI=1S/C19H20F3N7O/c1-12-15(9-25-29(12)16-6-5-14(8-23-16)19(20,21)22)18(30)28-7-3-4-13(10-28)17-26-24-11-27(17)2/h5-6,8-9,11,13H,3-4,7,10H2,1-2H3/t13-/m0/s1. The molecule has 30 heavy (non-hydrogen) atoms. The Bertz CT molecular complexity index is 1060. The molecule has 158 valence electrons. The van der Waals surface area contributed by atoms with Crippen LogP contribution in [0.3, 0.4) is 0 Å². The number of nitrogens with zero attached hydrogens (tertiary/aromatic N) is 7. The van der Waals surface area contributed by atoms with Crippen molar-refractivity contribution in [2.24, 2.45) is 7.05 Å². The van der Waals surface area contributed by atoms with Crippen molar-refractivity contribution < 1.29 is 18.0 Å². The normalized spacial score (nSPS) is 17.4. The van der Waals surface area contributed by atoms with Gasteiger partial charge < -0.3 is 9.47 Å². The molecule has 1 amide bonds. The third kappa shape index (κ3) is 3.66. The molecule has 3 aromatic rings. The Morgan fingerprint density at radius 1 is 1.23 bits per heavy atom. The summed E-state index contributed by atoms with van der Waals surface area (Å²) >= 11 is 0. The Hall–Kier alpha value is -3.24. The van der Waals surface area contributed by atoms with Crippen molar-refractivity contribution in [2.45, 2.75) is 31.9 Å². The number of aryl methyl sites for hydroxylation is 1. The van der Waals surface area contributed by atoms with E-state index in [-0.39, 0.29) is 17.6 Å². The third-order valence-electron chi connectivity index (χ3n) is 5.35. The number of hydrogen-bond acceptors (Lipinski definition) is 5. The molecule has 0 radical (unpaired) electrons. The van der Waals surface area contributed by atoms with Crippen LogP contribution >= 0.6 is 0 Å². The van der Waals surface area contributed by atoms with E-state index in [0.717, 1.165) is 30.9 Å². The number of hydrogen-bond donors (Lipinski definition) is 0. The molecular formula is C19H20F3N7O. The summed E-state index contributed by atoms with van der Waals surface area (Å²) in [5, 5.41) is 12.3.